The molecule has 0 saturated carbocycles. The van der Waals surface area contributed by atoms with Gasteiger partial charge in [-0.05, 0) is 19.1 Å². The molecule has 1 unspecified atom stereocenters. The van der Waals surface area contributed by atoms with Crippen LogP contribution in [-0.4, -0.2) is 58.1 Å². The van der Waals surface area contributed by atoms with Gasteiger partial charge in [0.2, 0.25) is 0 Å². The zero-order chi connectivity index (χ0) is 16.8. The molecule has 1 fully saturated rings. The molecule has 1 aliphatic heterocycles. The molecule has 1 aliphatic rings. The van der Waals surface area contributed by atoms with E-state index in [1.165, 1.54) is 0 Å². The number of amides is 2. The molecule has 126 valence electrons. The van der Waals surface area contributed by atoms with Crippen LogP contribution in [0.15, 0.2) is 43.1 Å². The van der Waals surface area contributed by atoms with Crippen molar-refractivity contribution in [2.45, 2.75) is 19.4 Å². The standard InChI is InChI=1S/C17H22N6O/c1-14(12-15-13-19-6-7-20-15)21-17(24)23-10-8-22(9-11-23)16-2-4-18-5-3-16/h2-7,13-14H,8-12H2,1H3,(H,21,24). The van der Waals surface area contributed by atoms with E-state index < -0.39 is 0 Å². The molecule has 3 heterocycles. The summed E-state index contributed by atoms with van der Waals surface area (Å²) < 4.78 is 0. The minimum absolute atomic E-state index is 0.0132. The van der Waals surface area contributed by atoms with Crippen molar-refractivity contribution >= 4 is 11.7 Å². The van der Waals surface area contributed by atoms with Gasteiger partial charge in [-0.2, -0.15) is 0 Å². The summed E-state index contributed by atoms with van der Waals surface area (Å²) in [4.78, 5) is 28.9. The Labute approximate surface area is 141 Å². The van der Waals surface area contributed by atoms with Gasteiger partial charge < -0.3 is 15.1 Å². The summed E-state index contributed by atoms with van der Waals surface area (Å²) in [6, 6.07) is 4.01. The number of nitrogens with one attached hydrogen (secondary N) is 1. The lowest BCUT2D eigenvalue weighted by Gasteiger charge is -2.36. The number of aromatic nitrogens is 3. The number of rotatable bonds is 4. The van der Waals surface area contributed by atoms with Crippen LogP contribution < -0.4 is 10.2 Å². The van der Waals surface area contributed by atoms with Crippen molar-refractivity contribution in [1.29, 1.82) is 0 Å². The minimum atomic E-state index is -0.0132. The summed E-state index contributed by atoms with van der Waals surface area (Å²) in [6.45, 7) is 5.07. The fourth-order valence-corrected chi connectivity index (χ4v) is 2.82. The van der Waals surface area contributed by atoms with Crippen LogP contribution in [0.2, 0.25) is 0 Å². The van der Waals surface area contributed by atoms with Crippen LogP contribution in [-0.2, 0) is 6.42 Å². The van der Waals surface area contributed by atoms with Crippen molar-refractivity contribution in [3.63, 3.8) is 0 Å². The maximum Gasteiger partial charge on any atom is 0.317 e. The smallest absolute Gasteiger partial charge is 0.317 e. The molecule has 2 aromatic rings. The maximum atomic E-state index is 12.4. The molecule has 0 aliphatic carbocycles. The van der Waals surface area contributed by atoms with Gasteiger partial charge in [-0.3, -0.25) is 15.0 Å². The highest BCUT2D eigenvalue weighted by Gasteiger charge is 2.22. The second-order valence-electron chi connectivity index (χ2n) is 5.93. The first-order valence-electron chi connectivity index (χ1n) is 8.17. The van der Waals surface area contributed by atoms with Crippen LogP contribution in [0.3, 0.4) is 0 Å². The van der Waals surface area contributed by atoms with Crippen LogP contribution in [0.1, 0.15) is 12.6 Å². The zero-order valence-electron chi connectivity index (χ0n) is 13.8. The van der Waals surface area contributed by atoms with Crippen LogP contribution in [0.25, 0.3) is 0 Å². The second kappa shape index (κ2) is 7.72. The molecule has 0 spiro atoms. The van der Waals surface area contributed by atoms with Gasteiger partial charge in [0.25, 0.3) is 0 Å². The van der Waals surface area contributed by atoms with E-state index in [9.17, 15) is 4.79 Å². The Hall–Kier alpha value is -2.70. The number of nitrogens with zero attached hydrogens (tertiary/aromatic N) is 5. The summed E-state index contributed by atoms with van der Waals surface area (Å²) >= 11 is 0. The molecule has 2 aromatic heterocycles. The van der Waals surface area contributed by atoms with Crippen molar-refractivity contribution in [3.05, 3.63) is 48.8 Å². The fraction of sp³-hybridized carbons (Fsp3) is 0.412. The minimum Gasteiger partial charge on any atom is -0.368 e. The summed E-state index contributed by atoms with van der Waals surface area (Å²) in [5.74, 6) is 0. The highest BCUT2D eigenvalue weighted by molar-refractivity contribution is 5.75. The van der Waals surface area contributed by atoms with E-state index in [1.54, 1.807) is 31.0 Å². The quantitative estimate of drug-likeness (QED) is 0.917. The van der Waals surface area contributed by atoms with Crippen molar-refractivity contribution in [1.82, 2.24) is 25.2 Å². The van der Waals surface area contributed by atoms with E-state index in [0.29, 0.717) is 19.5 Å². The molecule has 1 atom stereocenters. The number of urea groups is 1. The van der Waals surface area contributed by atoms with Gasteiger partial charge in [-0.1, -0.05) is 0 Å². The summed E-state index contributed by atoms with van der Waals surface area (Å²) in [5.41, 5.74) is 2.04. The van der Waals surface area contributed by atoms with Crippen molar-refractivity contribution in [3.8, 4) is 0 Å². The molecule has 0 bridgehead atoms. The number of hydrogen-bond donors (Lipinski definition) is 1. The van der Waals surface area contributed by atoms with E-state index in [-0.39, 0.29) is 12.1 Å². The Morgan fingerprint density at radius 2 is 1.88 bits per heavy atom. The number of carbonyl (C=O) groups is 1. The number of pyridine rings is 1. The van der Waals surface area contributed by atoms with Gasteiger partial charge in [0.05, 0.1) is 5.69 Å². The number of carbonyl (C=O) groups excluding carboxylic acids is 1. The highest BCUT2D eigenvalue weighted by atomic mass is 16.2. The Kier molecular flexibility index (Phi) is 5.20. The Morgan fingerprint density at radius 3 is 2.54 bits per heavy atom. The largest absolute Gasteiger partial charge is 0.368 e. The van der Waals surface area contributed by atoms with E-state index in [0.717, 1.165) is 24.5 Å². The fourth-order valence-electron chi connectivity index (χ4n) is 2.82. The lowest BCUT2D eigenvalue weighted by atomic mass is 10.2. The summed E-state index contributed by atoms with van der Waals surface area (Å²) in [6.07, 6.45) is 9.31. The molecule has 1 N–H and O–H groups in total. The predicted octanol–water partition coefficient (Wildman–Crippen LogP) is 1.33. The van der Waals surface area contributed by atoms with E-state index in [4.69, 9.17) is 0 Å². The van der Waals surface area contributed by atoms with Crippen molar-refractivity contribution < 1.29 is 4.79 Å². The lowest BCUT2D eigenvalue weighted by Crippen LogP contribution is -2.53. The average molecular weight is 326 g/mol. The monoisotopic (exact) mass is 326 g/mol. The molecular formula is C17H22N6O. The zero-order valence-corrected chi connectivity index (χ0v) is 13.8. The van der Waals surface area contributed by atoms with Crippen LogP contribution in [0.4, 0.5) is 10.5 Å². The van der Waals surface area contributed by atoms with Gasteiger partial charge in [-0.25, -0.2) is 4.79 Å². The SMILES string of the molecule is CC(Cc1cnccn1)NC(=O)N1CCN(c2ccncc2)CC1. The molecule has 3 rings (SSSR count). The Balaban J connectivity index is 1.47. The normalized spacial score (nSPS) is 15.9. The molecular weight excluding hydrogens is 304 g/mol. The third-order valence-corrected chi connectivity index (χ3v) is 4.10. The van der Waals surface area contributed by atoms with Gasteiger partial charge in [0.15, 0.2) is 0 Å². The first-order chi connectivity index (χ1) is 11.7. The third kappa shape index (κ3) is 4.18. The highest BCUT2D eigenvalue weighted by Crippen LogP contribution is 2.14. The number of hydrogen-bond acceptors (Lipinski definition) is 5. The maximum absolute atomic E-state index is 12.4. The van der Waals surface area contributed by atoms with Gasteiger partial charge in [-0.15, -0.1) is 0 Å². The van der Waals surface area contributed by atoms with Crippen LogP contribution in [0.5, 0.6) is 0 Å². The predicted molar refractivity (Wildman–Crippen MR) is 91.8 cm³/mol. The summed E-state index contributed by atoms with van der Waals surface area (Å²) in [7, 11) is 0. The summed E-state index contributed by atoms with van der Waals surface area (Å²) in [5, 5.41) is 3.04. The number of piperazine rings is 1. The van der Waals surface area contributed by atoms with Gasteiger partial charge >= 0.3 is 6.03 Å². The van der Waals surface area contributed by atoms with E-state index in [1.807, 2.05) is 24.0 Å². The third-order valence-electron chi connectivity index (χ3n) is 4.10. The van der Waals surface area contributed by atoms with Crippen molar-refractivity contribution in [2.75, 3.05) is 31.1 Å². The first kappa shape index (κ1) is 16.2. The van der Waals surface area contributed by atoms with Crippen molar-refractivity contribution in [2.24, 2.45) is 0 Å². The molecule has 24 heavy (non-hydrogen) atoms. The lowest BCUT2D eigenvalue weighted by molar-refractivity contribution is 0.191. The van der Waals surface area contributed by atoms with Crippen LogP contribution >= 0.6 is 0 Å². The molecule has 0 radical (unpaired) electrons. The number of anilines is 1. The molecule has 0 aromatic carbocycles. The molecule has 1 saturated heterocycles. The van der Waals surface area contributed by atoms with Crippen LogP contribution in [0, 0.1) is 0 Å². The van der Waals surface area contributed by atoms with Gasteiger partial charge in [0, 0.05) is 75.3 Å². The molecule has 7 nitrogen and oxygen atoms in total. The Morgan fingerprint density at radius 1 is 1.12 bits per heavy atom. The van der Waals surface area contributed by atoms with E-state index in [2.05, 4.69) is 25.2 Å². The van der Waals surface area contributed by atoms with E-state index >= 15 is 0 Å². The van der Waals surface area contributed by atoms with Gasteiger partial charge in [0.1, 0.15) is 0 Å². The Bertz CT molecular complexity index is 643. The average Bonchev–Trinajstić information content (AvgIpc) is 2.63. The molecule has 7 heteroatoms. The topological polar surface area (TPSA) is 74.2 Å². The second-order valence-corrected chi connectivity index (χ2v) is 5.93. The first-order valence-corrected chi connectivity index (χ1v) is 8.17. The molecule has 2 amide bonds.